The Morgan fingerprint density at radius 3 is 2.43 bits per heavy atom. The molecule has 0 bridgehead atoms. The van der Waals surface area contributed by atoms with Gasteiger partial charge in [-0.1, -0.05) is 0 Å². The molecular formula is C4H8O3. The zero-order valence-electron chi connectivity index (χ0n) is 3.92. The van der Waals surface area contributed by atoms with Crippen LogP contribution in [0.4, 0.5) is 0 Å². The summed E-state index contributed by atoms with van der Waals surface area (Å²) in [5.74, 6) is -0.950. The van der Waals surface area contributed by atoms with Gasteiger partial charge in [0.05, 0.1) is 0 Å². The maximum Gasteiger partial charge on any atom is 0.191 e. The predicted octanol–water partition coefficient (Wildman–Crippen LogP) is -0.912. The summed E-state index contributed by atoms with van der Waals surface area (Å²) in [4.78, 5) is 0. The quantitative estimate of drug-likeness (QED) is 0.446. The highest BCUT2D eigenvalue weighted by Crippen LogP contribution is 2.25. The van der Waals surface area contributed by atoms with Gasteiger partial charge in [-0.3, -0.25) is 0 Å². The Morgan fingerprint density at radius 1 is 1.71 bits per heavy atom. The average molecular weight is 104 g/mol. The molecule has 2 N–H and O–H groups in total. The third-order valence-corrected chi connectivity index (χ3v) is 0.980. The van der Waals surface area contributed by atoms with Gasteiger partial charge in [0, 0.05) is 13.0 Å². The molecule has 1 rings (SSSR count). The highest BCUT2D eigenvalue weighted by molar-refractivity contribution is 4.77. The molecule has 0 radical (unpaired) electrons. The molecule has 3 heteroatoms. The lowest BCUT2D eigenvalue weighted by molar-refractivity contribution is 0.0148. The standard InChI is InChI=1S/C4H8O3/c5-2-1-4(6)3-7-4/h5-6H,1-3H2/t4-/m1/s1. The predicted molar refractivity (Wildman–Crippen MR) is 22.6 cm³/mol. The first-order valence-electron chi connectivity index (χ1n) is 2.24. The summed E-state index contributed by atoms with van der Waals surface area (Å²) in [5.41, 5.74) is 0. The summed E-state index contributed by atoms with van der Waals surface area (Å²) in [6.45, 7) is 0.379. The van der Waals surface area contributed by atoms with Crippen LogP contribution in [0.1, 0.15) is 6.42 Å². The summed E-state index contributed by atoms with van der Waals surface area (Å²) < 4.78 is 4.53. The Bertz CT molecular complexity index is 67.3. The molecule has 0 aliphatic carbocycles. The van der Waals surface area contributed by atoms with Crippen molar-refractivity contribution in [1.29, 1.82) is 0 Å². The van der Waals surface area contributed by atoms with E-state index in [4.69, 9.17) is 10.2 Å². The summed E-state index contributed by atoms with van der Waals surface area (Å²) >= 11 is 0. The van der Waals surface area contributed by atoms with Crippen molar-refractivity contribution < 1.29 is 14.9 Å². The molecule has 1 aliphatic rings. The minimum atomic E-state index is -0.950. The minimum absolute atomic E-state index is 0.00347. The maximum absolute atomic E-state index is 8.75. The van der Waals surface area contributed by atoms with E-state index in [9.17, 15) is 0 Å². The number of hydrogen-bond donors (Lipinski definition) is 2. The normalized spacial score (nSPS) is 38.6. The van der Waals surface area contributed by atoms with E-state index in [2.05, 4.69) is 4.74 Å². The fraction of sp³-hybridized carbons (Fsp3) is 1.00. The van der Waals surface area contributed by atoms with Crippen LogP contribution in [0.25, 0.3) is 0 Å². The molecule has 1 fully saturated rings. The molecule has 0 unspecified atom stereocenters. The molecule has 42 valence electrons. The van der Waals surface area contributed by atoms with Gasteiger partial charge in [-0.15, -0.1) is 0 Å². The van der Waals surface area contributed by atoms with Crippen LogP contribution in [0.5, 0.6) is 0 Å². The van der Waals surface area contributed by atoms with Crippen LogP contribution in [0.15, 0.2) is 0 Å². The molecule has 1 heterocycles. The molecule has 0 saturated carbocycles. The summed E-state index contributed by atoms with van der Waals surface area (Å²) in [7, 11) is 0. The zero-order chi connectivity index (χ0) is 5.33. The number of rotatable bonds is 2. The zero-order valence-corrected chi connectivity index (χ0v) is 3.92. The van der Waals surface area contributed by atoms with Crippen LogP contribution in [-0.2, 0) is 4.74 Å². The smallest absolute Gasteiger partial charge is 0.191 e. The summed E-state index contributed by atoms with van der Waals surface area (Å²) in [6.07, 6.45) is 0.340. The van der Waals surface area contributed by atoms with E-state index in [1.165, 1.54) is 0 Å². The van der Waals surface area contributed by atoms with Crippen molar-refractivity contribution in [2.75, 3.05) is 13.2 Å². The van der Waals surface area contributed by atoms with E-state index in [0.717, 1.165) is 0 Å². The average Bonchev–Trinajstić information content (AvgIpc) is 2.22. The van der Waals surface area contributed by atoms with Crippen molar-refractivity contribution in [3.63, 3.8) is 0 Å². The molecule has 7 heavy (non-hydrogen) atoms. The van der Waals surface area contributed by atoms with Crippen molar-refractivity contribution in [1.82, 2.24) is 0 Å². The second-order valence-electron chi connectivity index (χ2n) is 1.71. The Balaban J connectivity index is 2.13. The molecule has 1 aliphatic heterocycles. The molecule has 1 saturated heterocycles. The number of hydrogen-bond acceptors (Lipinski definition) is 3. The van der Waals surface area contributed by atoms with Gasteiger partial charge >= 0.3 is 0 Å². The first kappa shape index (κ1) is 5.03. The third-order valence-electron chi connectivity index (χ3n) is 0.980. The lowest BCUT2D eigenvalue weighted by atomic mass is 10.3. The molecule has 0 aromatic heterocycles. The van der Waals surface area contributed by atoms with Crippen LogP contribution in [0.3, 0.4) is 0 Å². The van der Waals surface area contributed by atoms with Crippen molar-refractivity contribution in [3.05, 3.63) is 0 Å². The fourth-order valence-corrected chi connectivity index (χ4v) is 0.402. The molecular weight excluding hydrogens is 96.0 g/mol. The largest absolute Gasteiger partial charge is 0.396 e. The topological polar surface area (TPSA) is 53.0 Å². The molecule has 3 nitrogen and oxygen atoms in total. The Morgan fingerprint density at radius 2 is 2.29 bits per heavy atom. The van der Waals surface area contributed by atoms with Gasteiger partial charge < -0.3 is 14.9 Å². The van der Waals surface area contributed by atoms with Crippen molar-refractivity contribution in [2.45, 2.75) is 12.2 Å². The van der Waals surface area contributed by atoms with Crippen LogP contribution >= 0.6 is 0 Å². The number of epoxide rings is 1. The van der Waals surface area contributed by atoms with Gasteiger partial charge in [0.25, 0.3) is 0 Å². The Kier molecular flexibility index (Phi) is 1.03. The van der Waals surface area contributed by atoms with Crippen LogP contribution < -0.4 is 0 Å². The van der Waals surface area contributed by atoms with E-state index >= 15 is 0 Å². The second-order valence-corrected chi connectivity index (χ2v) is 1.71. The van der Waals surface area contributed by atoms with E-state index < -0.39 is 5.79 Å². The van der Waals surface area contributed by atoms with Gasteiger partial charge in [0.15, 0.2) is 5.79 Å². The molecule has 0 aromatic carbocycles. The maximum atomic E-state index is 8.75. The minimum Gasteiger partial charge on any atom is -0.396 e. The highest BCUT2D eigenvalue weighted by Gasteiger charge is 2.41. The van der Waals surface area contributed by atoms with Gasteiger partial charge in [0.2, 0.25) is 0 Å². The summed E-state index contributed by atoms with van der Waals surface area (Å²) in [6, 6.07) is 0. The monoisotopic (exact) mass is 104 g/mol. The third kappa shape index (κ3) is 1.12. The SMILES string of the molecule is OCC[C@]1(O)CO1. The summed E-state index contributed by atoms with van der Waals surface area (Å²) in [5, 5.41) is 16.9. The number of aliphatic hydroxyl groups excluding tert-OH is 1. The Labute approximate surface area is 41.5 Å². The van der Waals surface area contributed by atoms with Gasteiger partial charge in [-0.05, 0) is 0 Å². The Hall–Kier alpha value is -0.120. The van der Waals surface area contributed by atoms with Crippen LogP contribution in [-0.4, -0.2) is 29.2 Å². The van der Waals surface area contributed by atoms with E-state index in [-0.39, 0.29) is 6.61 Å². The van der Waals surface area contributed by atoms with E-state index in [1.54, 1.807) is 0 Å². The van der Waals surface area contributed by atoms with Crippen molar-refractivity contribution in [3.8, 4) is 0 Å². The second kappa shape index (κ2) is 1.43. The van der Waals surface area contributed by atoms with Crippen LogP contribution in [0.2, 0.25) is 0 Å². The van der Waals surface area contributed by atoms with E-state index in [1.807, 2.05) is 0 Å². The van der Waals surface area contributed by atoms with Gasteiger partial charge in [-0.2, -0.15) is 0 Å². The first-order valence-corrected chi connectivity index (χ1v) is 2.24. The lowest BCUT2D eigenvalue weighted by Gasteiger charge is -1.96. The van der Waals surface area contributed by atoms with Gasteiger partial charge in [0.1, 0.15) is 6.61 Å². The molecule has 1 atom stereocenters. The van der Waals surface area contributed by atoms with Crippen molar-refractivity contribution >= 4 is 0 Å². The molecule has 0 spiro atoms. The van der Waals surface area contributed by atoms with Crippen LogP contribution in [0, 0.1) is 0 Å². The number of ether oxygens (including phenoxy) is 1. The van der Waals surface area contributed by atoms with Gasteiger partial charge in [-0.25, -0.2) is 0 Å². The molecule has 0 aromatic rings. The molecule has 0 amide bonds. The van der Waals surface area contributed by atoms with E-state index in [0.29, 0.717) is 13.0 Å². The first-order chi connectivity index (χ1) is 3.27. The number of aliphatic hydroxyl groups is 2. The highest BCUT2D eigenvalue weighted by atomic mass is 16.7. The van der Waals surface area contributed by atoms with Crippen molar-refractivity contribution in [2.24, 2.45) is 0 Å². The lowest BCUT2D eigenvalue weighted by Crippen LogP contribution is -2.10. The fourth-order valence-electron chi connectivity index (χ4n) is 0.402.